The van der Waals surface area contributed by atoms with Gasteiger partial charge in [-0.15, -0.1) is 11.3 Å². The maximum absolute atomic E-state index is 5.48. The Morgan fingerprint density at radius 2 is 2.24 bits per heavy atom. The number of thioether (sulfide) groups is 1. The number of nitrogens with one attached hydrogen (secondary N) is 2. The summed E-state index contributed by atoms with van der Waals surface area (Å²) in [6.45, 7) is 3.59. The summed E-state index contributed by atoms with van der Waals surface area (Å²) in [7, 11) is 1.83. The Kier molecular flexibility index (Phi) is 6.86. The molecule has 1 saturated heterocycles. The molecular formula is C15H25N3OS2. The second-order valence-electron chi connectivity index (χ2n) is 5.18. The van der Waals surface area contributed by atoms with Gasteiger partial charge in [0.2, 0.25) is 0 Å². The van der Waals surface area contributed by atoms with Crippen LogP contribution in [0.4, 0.5) is 0 Å². The van der Waals surface area contributed by atoms with E-state index in [1.54, 1.807) is 11.3 Å². The first-order valence-corrected chi connectivity index (χ1v) is 9.48. The molecule has 4 nitrogen and oxygen atoms in total. The van der Waals surface area contributed by atoms with E-state index in [1.807, 2.05) is 18.8 Å². The van der Waals surface area contributed by atoms with E-state index in [9.17, 15) is 0 Å². The molecule has 1 aromatic heterocycles. The minimum absolute atomic E-state index is 0.281. The van der Waals surface area contributed by atoms with Crippen LogP contribution in [0.5, 0.6) is 0 Å². The Morgan fingerprint density at radius 3 is 2.86 bits per heavy atom. The number of guanidine groups is 1. The number of nitrogens with zero attached hydrogens (tertiary/aromatic N) is 1. The van der Waals surface area contributed by atoms with Crippen molar-refractivity contribution in [2.75, 3.05) is 39.6 Å². The highest BCUT2D eigenvalue weighted by atomic mass is 32.2. The first-order chi connectivity index (χ1) is 10.3. The van der Waals surface area contributed by atoms with Crippen molar-refractivity contribution in [3.63, 3.8) is 0 Å². The molecule has 1 aliphatic rings. The van der Waals surface area contributed by atoms with Gasteiger partial charge in [-0.25, -0.2) is 0 Å². The monoisotopic (exact) mass is 327 g/mol. The Morgan fingerprint density at radius 1 is 1.43 bits per heavy atom. The second kappa shape index (κ2) is 8.66. The van der Waals surface area contributed by atoms with E-state index < -0.39 is 0 Å². The molecule has 0 bridgehead atoms. The molecule has 0 radical (unpaired) electrons. The minimum atomic E-state index is 0.281. The smallest absolute Gasteiger partial charge is 0.191 e. The van der Waals surface area contributed by atoms with Gasteiger partial charge < -0.3 is 15.4 Å². The van der Waals surface area contributed by atoms with Crippen molar-refractivity contribution >= 4 is 29.1 Å². The summed E-state index contributed by atoms with van der Waals surface area (Å²) >= 11 is 3.75. The van der Waals surface area contributed by atoms with Crippen LogP contribution in [0.15, 0.2) is 22.5 Å². The standard InChI is InChI=1S/C15H25N3OS2/c1-16-14(17-8-5-13-4-3-11-21-13)18-12-15(20-2)6-9-19-10-7-15/h3-4,11H,5-10,12H2,1-2H3,(H2,16,17,18). The van der Waals surface area contributed by atoms with E-state index >= 15 is 0 Å². The van der Waals surface area contributed by atoms with Crippen molar-refractivity contribution in [1.82, 2.24) is 10.6 Å². The predicted octanol–water partition coefficient (Wildman–Crippen LogP) is 2.37. The molecule has 2 rings (SSSR count). The Balaban J connectivity index is 1.74. The topological polar surface area (TPSA) is 45.7 Å². The quantitative estimate of drug-likeness (QED) is 0.622. The van der Waals surface area contributed by atoms with E-state index in [1.165, 1.54) is 4.88 Å². The van der Waals surface area contributed by atoms with Crippen molar-refractivity contribution in [3.8, 4) is 0 Å². The molecule has 1 aliphatic heterocycles. The SMILES string of the molecule is CN=C(NCCc1cccs1)NCC1(SC)CCOCC1. The summed E-state index contributed by atoms with van der Waals surface area (Å²) in [4.78, 5) is 5.72. The predicted molar refractivity (Wildman–Crippen MR) is 93.7 cm³/mol. The van der Waals surface area contributed by atoms with Gasteiger partial charge in [0.05, 0.1) is 0 Å². The third-order valence-corrected chi connectivity index (χ3v) is 6.24. The van der Waals surface area contributed by atoms with Crippen LogP contribution in [0.2, 0.25) is 0 Å². The van der Waals surface area contributed by atoms with Crippen molar-refractivity contribution in [1.29, 1.82) is 0 Å². The molecule has 2 heterocycles. The molecule has 0 amide bonds. The van der Waals surface area contributed by atoms with Crippen LogP contribution in [-0.2, 0) is 11.2 Å². The van der Waals surface area contributed by atoms with E-state index in [2.05, 4.69) is 39.4 Å². The van der Waals surface area contributed by atoms with Gasteiger partial charge in [0.1, 0.15) is 0 Å². The van der Waals surface area contributed by atoms with Crippen molar-refractivity contribution in [3.05, 3.63) is 22.4 Å². The number of thiophene rings is 1. The Bertz CT molecular complexity index is 428. The zero-order valence-corrected chi connectivity index (χ0v) is 14.5. The zero-order chi connectivity index (χ0) is 15.0. The minimum Gasteiger partial charge on any atom is -0.381 e. The van der Waals surface area contributed by atoms with Crippen LogP contribution in [-0.4, -0.2) is 50.3 Å². The third kappa shape index (κ3) is 5.20. The summed E-state index contributed by atoms with van der Waals surface area (Å²) in [6, 6.07) is 4.27. The zero-order valence-electron chi connectivity index (χ0n) is 12.9. The molecule has 21 heavy (non-hydrogen) atoms. The molecule has 0 saturated carbocycles. The normalized spacial score (nSPS) is 18.5. The van der Waals surface area contributed by atoms with Crippen molar-refractivity contribution in [2.45, 2.75) is 24.0 Å². The van der Waals surface area contributed by atoms with Crippen LogP contribution in [0.1, 0.15) is 17.7 Å². The molecule has 0 atom stereocenters. The number of aliphatic imine (C=N–C) groups is 1. The van der Waals surface area contributed by atoms with Crippen molar-refractivity contribution < 1.29 is 4.74 Å². The molecule has 118 valence electrons. The molecular weight excluding hydrogens is 302 g/mol. The highest BCUT2D eigenvalue weighted by Crippen LogP contribution is 2.32. The van der Waals surface area contributed by atoms with Crippen LogP contribution < -0.4 is 10.6 Å². The lowest BCUT2D eigenvalue weighted by Gasteiger charge is -2.36. The van der Waals surface area contributed by atoms with E-state index in [4.69, 9.17) is 4.74 Å². The van der Waals surface area contributed by atoms with Crippen LogP contribution >= 0.6 is 23.1 Å². The second-order valence-corrected chi connectivity index (χ2v) is 7.49. The molecule has 1 fully saturated rings. The van der Waals surface area contributed by atoms with Gasteiger partial charge in [0.15, 0.2) is 5.96 Å². The lowest BCUT2D eigenvalue weighted by atomic mass is 9.99. The summed E-state index contributed by atoms with van der Waals surface area (Å²) in [5.74, 6) is 0.895. The molecule has 0 spiro atoms. The average molecular weight is 328 g/mol. The highest BCUT2D eigenvalue weighted by Gasteiger charge is 2.31. The summed E-state index contributed by atoms with van der Waals surface area (Å²) in [5, 5.41) is 8.99. The van der Waals surface area contributed by atoms with Gasteiger partial charge in [-0.05, 0) is 37.0 Å². The van der Waals surface area contributed by atoms with E-state index in [0.29, 0.717) is 0 Å². The summed E-state index contributed by atoms with van der Waals surface area (Å²) in [6.07, 6.45) is 5.45. The van der Waals surface area contributed by atoms with Crippen molar-refractivity contribution in [2.24, 2.45) is 4.99 Å². The van der Waals surface area contributed by atoms with Crippen LogP contribution in [0.25, 0.3) is 0 Å². The van der Waals surface area contributed by atoms with E-state index in [0.717, 1.165) is 51.5 Å². The van der Waals surface area contributed by atoms with Gasteiger partial charge >= 0.3 is 0 Å². The van der Waals surface area contributed by atoms with Crippen LogP contribution in [0, 0.1) is 0 Å². The summed E-state index contributed by atoms with van der Waals surface area (Å²) < 4.78 is 5.76. The first-order valence-electron chi connectivity index (χ1n) is 7.38. The lowest BCUT2D eigenvalue weighted by molar-refractivity contribution is 0.0783. The molecule has 6 heteroatoms. The van der Waals surface area contributed by atoms with Gasteiger partial charge in [0, 0.05) is 43.0 Å². The fourth-order valence-corrected chi connectivity index (χ4v) is 3.92. The molecule has 0 unspecified atom stereocenters. The van der Waals surface area contributed by atoms with E-state index in [-0.39, 0.29) is 4.75 Å². The Hall–Kier alpha value is -0.720. The van der Waals surface area contributed by atoms with Gasteiger partial charge in [-0.2, -0.15) is 11.8 Å². The molecule has 0 aromatic carbocycles. The largest absolute Gasteiger partial charge is 0.381 e. The average Bonchev–Trinajstić information content (AvgIpc) is 3.05. The number of hydrogen-bond acceptors (Lipinski definition) is 4. The summed E-state index contributed by atoms with van der Waals surface area (Å²) in [5.41, 5.74) is 0. The van der Waals surface area contributed by atoms with Gasteiger partial charge in [-0.3, -0.25) is 4.99 Å². The van der Waals surface area contributed by atoms with Gasteiger partial charge in [0.25, 0.3) is 0 Å². The molecule has 2 N–H and O–H groups in total. The fourth-order valence-electron chi connectivity index (χ4n) is 2.42. The fraction of sp³-hybridized carbons (Fsp3) is 0.667. The number of hydrogen-bond donors (Lipinski definition) is 2. The number of ether oxygens (including phenoxy) is 1. The Labute approximate surface area is 135 Å². The number of rotatable bonds is 6. The lowest BCUT2D eigenvalue weighted by Crippen LogP contribution is -2.48. The molecule has 1 aromatic rings. The van der Waals surface area contributed by atoms with Gasteiger partial charge in [-0.1, -0.05) is 6.07 Å². The maximum atomic E-state index is 5.48. The van der Waals surface area contributed by atoms with Crippen LogP contribution in [0.3, 0.4) is 0 Å². The third-order valence-electron chi connectivity index (χ3n) is 3.88. The first kappa shape index (κ1) is 16.6. The molecule has 0 aliphatic carbocycles. The maximum Gasteiger partial charge on any atom is 0.191 e. The highest BCUT2D eigenvalue weighted by molar-refractivity contribution is 8.00.